The van der Waals surface area contributed by atoms with Gasteiger partial charge in [0.15, 0.2) is 11.0 Å². The third-order valence-corrected chi connectivity index (χ3v) is 5.04. The highest BCUT2D eigenvalue weighted by Gasteiger charge is 2.15. The second-order valence-electron chi connectivity index (χ2n) is 5.78. The van der Waals surface area contributed by atoms with Gasteiger partial charge in [0.05, 0.1) is 12.9 Å². The van der Waals surface area contributed by atoms with Gasteiger partial charge in [-0.05, 0) is 36.4 Å². The Morgan fingerprint density at radius 2 is 2.07 bits per heavy atom. The number of carbonyl (C=O) groups excluding carboxylic acids is 1. The molecule has 28 heavy (non-hydrogen) atoms. The first-order chi connectivity index (χ1) is 13.6. The number of carbonyl (C=O) groups is 1. The molecule has 0 aliphatic heterocycles. The average molecular weight is 415 g/mol. The van der Waals surface area contributed by atoms with Gasteiger partial charge in [-0.15, -0.1) is 16.8 Å². The zero-order chi connectivity index (χ0) is 19.9. The van der Waals surface area contributed by atoms with Crippen molar-refractivity contribution in [3.05, 3.63) is 66.2 Å². The molecule has 0 spiro atoms. The highest BCUT2D eigenvalue weighted by molar-refractivity contribution is 7.99. The standard InChI is InChI=1S/C20H19ClN4O2S/c1-3-11-25-19(14-5-4-6-17(12-14)27-2)23-24-20(25)28-13-18(26)22-16-9-7-15(21)8-10-16/h3-10,12H,1,11,13H2,2H3,(H,22,26). The number of rotatable bonds is 8. The number of hydrogen-bond acceptors (Lipinski definition) is 5. The van der Waals surface area contributed by atoms with Crippen LogP contribution in [0.5, 0.6) is 5.75 Å². The zero-order valence-electron chi connectivity index (χ0n) is 15.3. The fourth-order valence-corrected chi connectivity index (χ4v) is 3.40. The Hall–Kier alpha value is -2.77. The molecule has 0 aliphatic rings. The van der Waals surface area contributed by atoms with Gasteiger partial charge in [-0.25, -0.2) is 0 Å². The summed E-state index contributed by atoms with van der Waals surface area (Å²) in [6.45, 7) is 4.33. The van der Waals surface area contributed by atoms with E-state index in [4.69, 9.17) is 16.3 Å². The van der Waals surface area contributed by atoms with Crippen LogP contribution < -0.4 is 10.1 Å². The second kappa shape index (κ2) is 9.43. The summed E-state index contributed by atoms with van der Waals surface area (Å²) in [6.07, 6.45) is 1.77. The molecule has 0 aliphatic carbocycles. The molecule has 2 aromatic carbocycles. The number of aromatic nitrogens is 3. The van der Waals surface area contributed by atoms with Crippen LogP contribution >= 0.6 is 23.4 Å². The molecule has 3 aromatic rings. The first-order valence-corrected chi connectivity index (χ1v) is 9.84. The van der Waals surface area contributed by atoms with Crippen LogP contribution in [0.2, 0.25) is 5.02 Å². The predicted octanol–water partition coefficient (Wildman–Crippen LogP) is 4.52. The van der Waals surface area contributed by atoms with Crippen LogP contribution in [0.3, 0.4) is 0 Å². The summed E-state index contributed by atoms with van der Waals surface area (Å²) in [6, 6.07) is 14.6. The SMILES string of the molecule is C=CCn1c(SCC(=O)Nc2ccc(Cl)cc2)nnc1-c1cccc(OC)c1. The largest absolute Gasteiger partial charge is 0.497 e. The van der Waals surface area contributed by atoms with Crippen molar-refractivity contribution in [2.24, 2.45) is 0 Å². The number of methoxy groups -OCH3 is 1. The molecule has 0 fully saturated rings. The van der Waals surface area contributed by atoms with Gasteiger partial charge in [-0.2, -0.15) is 0 Å². The van der Waals surface area contributed by atoms with Crippen LogP contribution in [0.4, 0.5) is 5.69 Å². The number of halogens is 1. The van der Waals surface area contributed by atoms with E-state index in [0.29, 0.717) is 28.2 Å². The lowest BCUT2D eigenvalue weighted by atomic mass is 10.2. The van der Waals surface area contributed by atoms with Crippen LogP contribution in [0, 0.1) is 0 Å². The minimum absolute atomic E-state index is 0.136. The highest BCUT2D eigenvalue weighted by atomic mass is 35.5. The van der Waals surface area contributed by atoms with Crippen LogP contribution in [0.25, 0.3) is 11.4 Å². The third-order valence-electron chi connectivity index (χ3n) is 3.82. The lowest BCUT2D eigenvalue weighted by Crippen LogP contribution is -2.14. The Kier molecular flexibility index (Phi) is 6.73. The van der Waals surface area contributed by atoms with E-state index in [1.807, 2.05) is 28.8 Å². The summed E-state index contributed by atoms with van der Waals surface area (Å²) in [5.41, 5.74) is 1.57. The van der Waals surface area contributed by atoms with Crippen molar-refractivity contribution >= 4 is 35.0 Å². The van der Waals surface area contributed by atoms with Gasteiger partial charge in [0, 0.05) is 22.8 Å². The molecule has 8 heteroatoms. The number of ether oxygens (including phenoxy) is 1. The lowest BCUT2D eigenvalue weighted by Gasteiger charge is -2.09. The number of hydrogen-bond donors (Lipinski definition) is 1. The van der Waals surface area contributed by atoms with E-state index in [1.165, 1.54) is 11.8 Å². The van der Waals surface area contributed by atoms with Gasteiger partial charge >= 0.3 is 0 Å². The predicted molar refractivity (Wildman–Crippen MR) is 113 cm³/mol. The van der Waals surface area contributed by atoms with Crippen molar-refractivity contribution in [1.82, 2.24) is 14.8 Å². The molecule has 1 aromatic heterocycles. The molecule has 0 unspecified atom stereocenters. The van der Waals surface area contributed by atoms with Gasteiger partial charge in [-0.3, -0.25) is 9.36 Å². The highest BCUT2D eigenvalue weighted by Crippen LogP contribution is 2.26. The number of allylic oxidation sites excluding steroid dienone is 1. The fraction of sp³-hybridized carbons (Fsp3) is 0.150. The van der Waals surface area contributed by atoms with Gasteiger partial charge in [0.1, 0.15) is 5.75 Å². The first kappa shape index (κ1) is 20.0. The van der Waals surface area contributed by atoms with E-state index in [0.717, 1.165) is 11.3 Å². The molecular weight excluding hydrogens is 396 g/mol. The Morgan fingerprint density at radius 3 is 2.79 bits per heavy atom. The molecule has 0 saturated carbocycles. The van der Waals surface area contributed by atoms with Crippen molar-refractivity contribution in [1.29, 1.82) is 0 Å². The van der Waals surface area contributed by atoms with Gasteiger partial charge < -0.3 is 10.1 Å². The second-order valence-corrected chi connectivity index (χ2v) is 7.16. The molecule has 6 nitrogen and oxygen atoms in total. The summed E-state index contributed by atoms with van der Waals surface area (Å²) >= 11 is 7.17. The summed E-state index contributed by atoms with van der Waals surface area (Å²) in [5, 5.41) is 12.6. The number of anilines is 1. The molecule has 3 rings (SSSR count). The molecule has 0 atom stereocenters. The van der Waals surface area contributed by atoms with E-state index in [1.54, 1.807) is 37.5 Å². The van der Waals surface area contributed by atoms with Crippen molar-refractivity contribution in [3.8, 4) is 17.1 Å². The van der Waals surface area contributed by atoms with E-state index in [2.05, 4.69) is 22.1 Å². The summed E-state index contributed by atoms with van der Waals surface area (Å²) in [5.74, 6) is 1.50. The summed E-state index contributed by atoms with van der Waals surface area (Å²) in [7, 11) is 1.62. The van der Waals surface area contributed by atoms with Crippen LogP contribution in [0.15, 0.2) is 66.3 Å². The fourth-order valence-electron chi connectivity index (χ4n) is 2.53. The van der Waals surface area contributed by atoms with Crippen LogP contribution in [-0.2, 0) is 11.3 Å². The van der Waals surface area contributed by atoms with Gasteiger partial charge in [0.25, 0.3) is 0 Å². The maximum Gasteiger partial charge on any atom is 0.234 e. The molecule has 0 radical (unpaired) electrons. The number of thioether (sulfide) groups is 1. The normalized spacial score (nSPS) is 10.5. The van der Waals surface area contributed by atoms with Crippen LogP contribution in [0.1, 0.15) is 0 Å². The Bertz CT molecular complexity index is 973. The average Bonchev–Trinajstić information content (AvgIpc) is 3.11. The van der Waals surface area contributed by atoms with Crippen molar-refractivity contribution in [2.75, 3.05) is 18.2 Å². The summed E-state index contributed by atoms with van der Waals surface area (Å²) in [4.78, 5) is 12.2. The molecule has 144 valence electrons. The maximum absolute atomic E-state index is 12.2. The Morgan fingerprint density at radius 1 is 1.29 bits per heavy atom. The number of nitrogens with one attached hydrogen (secondary N) is 1. The van der Waals surface area contributed by atoms with Gasteiger partial charge in [0.2, 0.25) is 5.91 Å². The first-order valence-electron chi connectivity index (χ1n) is 8.47. The van der Waals surface area contributed by atoms with Crippen molar-refractivity contribution in [2.45, 2.75) is 11.7 Å². The quantitative estimate of drug-likeness (QED) is 0.433. The topological polar surface area (TPSA) is 69.0 Å². The third kappa shape index (κ3) is 4.94. The number of benzene rings is 2. The van der Waals surface area contributed by atoms with E-state index in [-0.39, 0.29) is 11.7 Å². The van der Waals surface area contributed by atoms with E-state index < -0.39 is 0 Å². The van der Waals surface area contributed by atoms with Crippen molar-refractivity contribution < 1.29 is 9.53 Å². The Labute approximate surface area is 172 Å². The molecule has 0 bridgehead atoms. The summed E-state index contributed by atoms with van der Waals surface area (Å²) < 4.78 is 7.20. The van der Waals surface area contributed by atoms with Crippen LogP contribution in [-0.4, -0.2) is 33.5 Å². The Balaban J connectivity index is 1.73. The molecule has 0 saturated heterocycles. The smallest absolute Gasteiger partial charge is 0.234 e. The maximum atomic E-state index is 12.2. The minimum Gasteiger partial charge on any atom is -0.497 e. The molecule has 1 heterocycles. The minimum atomic E-state index is -0.136. The van der Waals surface area contributed by atoms with Crippen molar-refractivity contribution in [3.63, 3.8) is 0 Å². The lowest BCUT2D eigenvalue weighted by molar-refractivity contribution is -0.113. The van der Waals surface area contributed by atoms with Gasteiger partial charge in [-0.1, -0.05) is 41.6 Å². The molecule has 1 amide bonds. The van der Waals surface area contributed by atoms with E-state index in [9.17, 15) is 4.79 Å². The molecular formula is C20H19ClN4O2S. The van der Waals surface area contributed by atoms with E-state index >= 15 is 0 Å². The number of amides is 1. The molecule has 1 N–H and O–H groups in total. The monoisotopic (exact) mass is 414 g/mol. The number of nitrogens with zero attached hydrogens (tertiary/aromatic N) is 3. The zero-order valence-corrected chi connectivity index (χ0v) is 16.8.